The average Bonchev–Trinajstić information content (AvgIpc) is 3.92. The van der Waals surface area contributed by atoms with Crippen molar-refractivity contribution in [2.45, 2.75) is 44.7 Å². The van der Waals surface area contributed by atoms with Crippen LogP contribution in [-0.4, -0.2) is 81.9 Å². The molecule has 2 heterocycles. The van der Waals surface area contributed by atoms with E-state index < -0.39 is 24.7 Å². The van der Waals surface area contributed by atoms with Gasteiger partial charge in [-0.3, -0.25) is 23.7 Å². The van der Waals surface area contributed by atoms with E-state index in [2.05, 4.69) is 27.8 Å². The highest BCUT2D eigenvalue weighted by Gasteiger charge is 2.50. The second kappa shape index (κ2) is 21.0. The molecule has 5 aromatic rings. The summed E-state index contributed by atoms with van der Waals surface area (Å²) in [6, 6.07) is 32.3. The van der Waals surface area contributed by atoms with Crippen molar-refractivity contribution < 1.29 is 42.3 Å². The van der Waals surface area contributed by atoms with Gasteiger partial charge in [-0.15, -0.1) is 0 Å². The van der Waals surface area contributed by atoms with Crippen LogP contribution in [0.3, 0.4) is 0 Å². The number of benzene rings is 4. The summed E-state index contributed by atoms with van der Waals surface area (Å²) in [6.07, 6.45) is 4.62. The Morgan fingerprint density at radius 2 is 1.49 bits per heavy atom. The first kappa shape index (κ1) is 44.0. The maximum atomic E-state index is 13.6. The van der Waals surface area contributed by atoms with Crippen LogP contribution in [0.25, 0.3) is 22.0 Å². The molecule has 4 aromatic carbocycles. The van der Waals surface area contributed by atoms with Crippen molar-refractivity contribution in [2.75, 3.05) is 38.5 Å². The summed E-state index contributed by atoms with van der Waals surface area (Å²) in [5.74, 6) is -0.100. The van der Waals surface area contributed by atoms with E-state index in [1.54, 1.807) is 4.90 Å². The van der Waals surface area contributed by atoms with Crippen molar-refractivity contribution >= 4 is 48.3 Å². The third-order valence-corrected chi connectivity index (χ3v) is 10.3. The Bertz CT molecular complexity index is 2120. The lowest BCUT2D eigenvalue weighted by molar-refractivity contribution is -0.133. The molecule has 4 amide bonds. The zero-order valence-electron chi connectivity index (χ0n) is 31.9. The van der Waals surface area contributed by atoms with Crippen molar-refractivity contribution in [3.05, 3.63) is 126 Å². The van der Waals surface area contributed by atoms with E-state index >= 15 is 0 Å². The summed E-state index contributed by atoms with van der Waals surface area (Å²) >= 11 is 0. The highest BCUT2D eigenvalue weighted by Crippen LogP contribution is 2.59. The largest absolute Gasteiger partial charge is 0.399 e. The maximum Gasteiger partial charge on any atom is 0.399 e. The lowest BCUT2D eigenvalue weighted by atomic mass is 10.1. The van der Waals surface area contributed by atoms with Gasteiger partial charge in [-0.1, -0.05) is 78.9 Å². The fourth-order valence-electron chi connectivity index (χ4n) is 6.07. The van der Waals surface area contributed by atoms with Gasteiger partial charge in [-0.05, 0) is 73.2 Å². The number of aryl methyl sites for hydroxylation is 1. The van der Waals surface area contributed by atoms with Crippen LogP contribution in [0.4, 0.5) is 14.5 Å². The molecule has 0 aliphatic carbocycles. The monoisotopic (exact) mass is 803 g/mol. The van der Waals surface area contributed by atoms with Crippen LogP contribution in [0.5, 0.6) is 0 Å². The highest BCUT2D eigenvalue weighted by molar-refractivity contribution is 7.52. The Labute approximate surface area is 330 Å². The Morgan fingerprint density at radius 1 is 0.877 bits per heavy atom. The second-order valence-corrected chi connectivity index (χ2v) is 14.8. The van der Waals surface area contributed by atoms with Crippen LogP contribution in [0.1, 0.15) is 54.2 Å². The SMILES string of the molecule is CCN(CCC(=O)N1CCCC1)C(=O)CCc1ccccc1.CNC(=O)c1cc2cc(C(F)(F)P(=O)(O)O)ccc2[nH]1.O=CNc1ccc(-c2ccccc2)cc1. The van der Waals surface area contributed by atoms with Crippen LogP contribution >= 0.6 is 7.60 Å². The minimum Gasteiger partial charge on any atom is -0.354 e. The molecule has 0 radical (unpaired) electrons. The summed E-state index contributed by atoms with van der Waals surface area (Å²) in [4.78, 5) is 69.8. The van der Waals surface area contributed by atoms with Crippen molar-refractivity contribution in [3.8, 4) is 11.1 Å². The molecule has 1 aromatic heterocycles. The number of fused-ring (bicyclic) bond motifs is 1. The molecule has 0 bridgehead atoms. The molecule has 1 fully saturated rings. The molecule has 0 unspecified atom stereocenters. The molecule has 302 valence electrons. The lowest BCUT2D eigenvalue weighted by Gasteiger charge is -2.22. The number of nitrogens with zero attached hydrogens (tertiary/aromatic N) is 2. The number of amides is 4. The van der Waals surface area contributed by atoms with E-state index in [0.29, 0.717) is 37.9 Å². The van der Waals surface area contributed by atoms with E-state index in [-0.39, 0.29) is 22.9 Å². The molecule has 12 nitrogen and oxygen atoms in total. The van der Waals surface area contributed by atoms with Crippen molar-refractivity contribution in [1.82, 2.24) is 20.1 Å². The molecular formula is C42H48F2N5O7P. The Morgan fingerprint density at radius 3 is 2.07 bits per heavy atom. The number of aromatic amines is 1. The van der Waals surface area contributed by atoms with E-state index in [1.165, 1.54) is 30.3 Å². The van der Waals surface area contributed by atoms with E-state index in [1.807, 2.05) is 84.6 Å². The van der Waals surface area contributed by atoms with Gasteiger partial charge in [0.05, 0.1) is 0 Å². The molecule has 5 N–H and O–H groups in total. The molecular weight excluding hydrogens is 755 g/mol. The van der Waals surface area contributed by atoms with Crippen molar-refractivity contribution in [2.24, 2.45) is 0 Å². The number of rotatable bonds is 13. The number of alkyl halides is 2. The smallest absolute Gasteiger partial charge is 0.354 e. The van der Waals surface area contributed by atoms with Crippen LogP contribution < -0.4 is 10.6 Å². The van der Waals surface area contributed by atoms with Gasteiger partial charge < -0.3 is 35.2 Å². The number of hydrogen-bond donors (Lipinski definition) is 5. The molecule has 1 aliphatic heterocycles. The first-order valence-electron chi connectivity index (χ1n) is 18.5. The number of halogens is 2. The zero-order valence-corrected chi connectivity index (χ0v) is 32.8. The van der Waals surface area contributed by atoms with E-state index in [0.717, 1.165) is 55.7 Å². The van der Waals surface area contributed by atoms with Gasteiger partial charge in [0, 0.05) is 68.2 Å². The van der Waals surface area contributed by atoms with Gasteiger partial charge in [0.15, 0.2) is 0 Å². The van der Waals surface area contributed by atoms with Gasteiger partial charge in [-0.25, -0.2) is 0 Å². The summed E-state index contributed by atoms with van der Waals surface area (Å²) in [6.45, 7) is 4.95. The standard InChI is InChI=1S/C18H26N2O2.C13H11NO.C11H11F2N2O4P/c1-2-19(15-12-18(22)20-13-6-7-14-20)17(21)11-10-16-8-4-3-5-9-16;15-10-14-13-8-6-12(7-9-13)11-4-2-1-3-5-11;1-14-10(16)9-5-6-4-7(2-3-8(6)15-9)11(12,13)20(17,18)19/h3-5,8-9H,2,6-7,10-15H2,1H3;1-10H,(H,14,15);2-5,15H,1H3,(H,14,16)(H2,17,18,19). The molecule has 1 saturated heterocycles. The van der Waals surface area contributed by atoms with Gasteiger partial charge >= 0.3 is 13.3 Å². The number of H-pyrrole nitrogens is 1. The third kappa shape index (κ3) is 12.7. The number of hydrogen-bond acceptors (Lipinski definition) is 5. The minimum absolute atomic E-state index is 0.139. The van der Waals surface area contributed by atoms with Crippen LogP contribution in [0, 0.1) is 0 Å². The fraction of sp³-hybridized carbons (Fsp3) is 0.286. The van der Waals surface area contributed by atoms with Gasteiger partial charge in [0.25, 0.3) is 5.91 Å². The highest BCUT2D eigenvalue weighted by atomic mass is 31.2. The van der Waals surface area contributed by atoms with Crippen LogP contribution in [-0.2, 0) is 31.0 Å². The summed E-state index contributed by atoms with van der Waals surface area (Å²) in [7, 11) is -4.19. The minimum atomic E-state index is -5.61. The number of aromatic nitrogens is 1. The Kier molecular flexibility index (Phi) is 16.2. The first-order chi connectivity index (χ1) is 27.3. The second-order valence-electron chi connectivity index (χ2n) is 13.2. The summed E-state index contributed by atoms with van der Waals surface area (Å²) < 4.78 is 38.0. The number of likely N-dealkylation sites (tertiary alicyclic amines) is 1. The molecule has 0 atom stereocenters. The predicted molar refractivity (Wildman–Crippen MR) is 217 cm³/mol. The number of anilines is 1. The summed E-state index contributed by atoms with van der Waals surface area (Å²) in [5.41, 5.74) is -0.188. The maximum absolute atomic E-state index is 13.6. The summed E-state index contributed by atoms with van der Waals surface area (Å²) in [5, 5.41) is 5.23. The zero-order chi connectivity index (χ0) is 41.4. The number of carbonyl (C=O) groups excluding carboxylic acids is 4. The lowest BCUT2D eigenvalue weighted by Crippen LogP contribution is -2.36. The molecule has 57 heavy (non-hydrogen) atoms. The molecule has 0 spiro atoms. The third-order valence-electron chi connectivity index (χ3n) is 9.28. The predicted octanol–water partition coefficient (Wildman–Crippen LogP) is 7.16. The molecule has 0 saturated carbocycles. The molecule has 6 rings (SSSR count). The van der Waals surface area contributed by atoms with Crippen molar-refractivity contribution in [3.63, 3.8) is 0 Å². The molecule has 1 aliphatic rings. The normalized spacial score (nSPS) is 12.4. The fourth-order valence-corrected chi connectivity index (χ4v) is 6.55. The first-order valence-corrected chi connectivity index (χ1v) is 20.1. The van der Waals surface area contributed by atoms with E-state index in [9.17, 15) is 32.5 Å². The van der Waals surface area contributed by atoms with Crippen LogP contribution in [0.15, 0.2) is 109 Å². The quantitative estimate of drug-likeness (QED) is 0.0621. The Balaban J connectivity index is 0.000000193. The molecule has 15 heteroatoms. The number of carbonyl (C=O) groups is 4. The number of nitrogens with one attached hydrogen (secondary N) is 3. The van der Waals surface area contributed by atoms with Crippen molar-refractivity contribution in [1.29, 1.82) is 0 Å². The van der Waals surface area contributed by atoms with Gasteiger partial charge in [0.1, 0.15) is 5.69 Å². The Hall–Kier alpha value is -5.69. The topological polar surface area (TPSA) is 172 Å². The van der Waals surface area contributed by atoms with Gasteiger partial charge in [0.2, 0.25) is 18.2 Å². The average molecular weight is 804 g/mol. The van der Waals surface area contributed by atoms with E-state index in [4.69, 9.17) is 9.79 Å². The van der Waals surface area contributed by atoms with Crippen LogP contribution in [0.2, 0.25) is 0 Å². The van der Waals surface area contributed by atoms with Gasteiger partial charge in [-0.2, -0.15) is 8.78 Å².